The normalized spacial score (nSPS) is 44.9. The largest absolute Gasteiger partial charge is 0.424 e. The lowest BCUT2D eigenvalue weighted by Gasteiger charge is -2.22. The molecule has 2 atom stereocenters. The zero-order chi connectivity index (χ0) is 6.91. The van der Waals surface area contributed by atoms with E-state index in [1.807, 2.05) is 6.92 Å². The summed E-state index contributed by atoms with van der Waals surface area (Å²) in [6.45, 7) is -0.921. The van der Waals surface area contributed by atoms with Crippen LogP contribution in [0.15, 0.2) is 0 Å². The van der Waals surface area contributed by atoms with E-state index < -0.39 is 6.95 Å². The summed E-state index contributed by atoms with van der Waals surface area (Å²) in [6.07, 6.45) is 0.721. The molecule has 1 fully saturated rings. The van der Waals surface area contributed by atoms with Crippen LogP contribution in [0.3, 0.4) is 0 Å². The van der Waals surface area contributed by atoms with Crippen molar-refractivity contribution in [3.63, 3.8) is 0 Å². The molecule has 0 saturated carbocycles. The van der Waals surface area contributed by atoms with Gasteiger partial charge >= 0.3 is 6.95 Å². The number of halogens is 1. The summed E-state index contributed by atoms with van der Waals surface area (Å²) in [7, 11) is 0. The van der Waals surface area contributed by atoms with E-state index in [4.69, 9.17) is 15.8 Å². The third kappa shape index (κ3) is 2.26. The molecule has 0 aromatic carbocycles. The molecule has 0 N–H and O–H groups in total. The van der Waals surface area contributed by atoms with Crippen LogP contribution in [0, 0.1) is 0 Å². The highest BCUT2D eigenvalue weighted by molar-refractivity contribution is 7.81. The number of hydrogen-bond donors (Lipinski definition) is 0. The fourth-order valence-electron chi connectivity index (χ4n) is 0.626. The molecule has 0 aromatic heterocycles. The predicted octanol–water partition coefficient (Wildman–Crippen LogP) is 2.16. The minimum absolute atomic E-state index is 0.0397. The SMILES string of the molecule is CC1CCOP(=O)(Cl)O1. The summed E-state index contributed by atoms with van der Waals surface area (Å²) >= 11 is 5.28. The van der Waals surface area contributed by atoms with Gasteiger partial charge in [-0.15, -0.1) is 0 Å². The van der Waals surface area contributed by atoms with E-state index in [0.29, 0.717) is 6.61 Å². The molecule has 1 aliphatic rings. The lowest BCUT2D eigenvalue weighted by atomic mass is 10.3. The predicted molar refractivity (Wildman–Crippen MR) is 34.6 cm³/mol. The van der Waals surface area contributed by atoms with Crippen molar-refractivity contribution in [2.24, 2.45) is 0 Å². The lowest BCUT2D eigenvalue weighted by molar-refractivity contribution is 0.103. The Labute approximate surface area is 58.6 Å². The highest BCUT2D eigenvalue weighted by atomic mass is 35.7. The second-order valence-corrected chi connectivity index (χ2v) is 4.54. The van der Waals surface area contributed by atoms with Crippen LogP contribution in [0.1, 0.15) is 13.3 Å². The first-order chi connectivity index (χ1) is 4.10. The van der Waals surface area contributed by atoms with Crippen LogP contribution in [0.5, 0.6) is 0 Å². The van der Waals surface area contributed by atoms with E-state index in [9.17, 15) is 4.57 Å². The minimum Gasteiger partial charge on any atom is -0.297 e. The molecule has 0 bridgehead atoms. The zero-order valence-electron chi connectivity index (χ0n) is 5.04. The Bertz CT molecular complexity index is 149. The highest BCUT2D eigenvalue weighted by Crippen LogP contribution is 2.56. The van der Waals surface area contributed by atoms with E-state index in [2.05, 4.69) is 4.52 Å². The molecule has 9 heavy (non-hydrogen) atoms. The molecule has 0 spiro atoms. The first kappa shape index (κ1) is 7.55. The number of hydrogen-bond acceptors (Lipinski definition) is 3. The van der Waals surface area contributed by atoms with Crippen molar-refractivity contribution < 1.29 is 13.6 Å². The van der Waals surface area contributed by atoms with Crippen molar-refractivity contribution in [1.82, 2.24) is 0 Å². The first-order valence-corrected chi connectivity index (χ1v) is 5.17. The van der Waals surface area contributed by atoms with Crippen LogP contribution in [0.2, 0.25) is 0 Å². The van der Waals surface area contributed by atoms with Gasteiger partial charge in [0.25, 0.3) is 0 Å². The monoisotopic (exact) mass is 170 g/mol. The summed E-state index contributed by atoms with van der Waals surface area (Å²) < 4.78 is 20.2. The van der Waals surface area contributed by atoms with Crippen LogP contribution in [-0.2, 0) is 13.6 Å². The van der Waals surface area contributed by atoms with Gasteiger partial charge in [0.15, 0.2) is 0 Å². The van der Waals surface area contributed by atoms with Crippen LogP contribution in [0.4, 0.5) is 0 Å². The minimum atomic E-state index is -3.17. The summed E-state index contributed by atoms with van der Waals surface area (Å²) in [5.41, 5.74) is 0. The third-order valence-electron chi connectivity index (χ3n) is 1.08. The molecule has 1 rings (SSSR count). The maximum atomic E-state index is 10.8. The standard InChI is InChI=1S/C4H8ClO3P/c1-4-2-3-7-9(5,6)8-4/h4H,2-3H2,1H3. The summed E-state index contributed by atoms with van der Waals surface area (Å²) in [5.74, 6) is 0. The van der Waals surface area contributed by atoms with Crippen molar-refractivity contribution in [3.8, 4) is 0 Å². The van der Waals surface area contributed by atoms with Crippen LogP contribution >= 0.6 is 18.2 Å². The molecular formula is C4H8ClO3P. The van der Waals surface area contributed by atoms with E-state index in [1.165, 1.54) is 0 Å². The average molecular weight is 171 g/mol. The fraction of sp³-hybridized carbons (Fsp3) is 1.00. The molecule has 0 aliphatic carbocycles. The van der Waals surface area contributed by atoms with Gasteiger partial charge in [0.1, 0.15) is 0 Å². The Morgan fingerprint density at radius 1 is 1.78 bits per heavy atom. The molecule has 2 unspecified atom stereocenters. The zero-order valence-corrected chi connectivity index (χ0v) is 6.69. The van der Waals surface area contributed by atoms with Gasteiger partial charge in [-0.1, -0.05) is 0 Å². The van der Waals surface area contributed by atoms with Crippen LogP contribution in [0.25, 0.3) is 0 Å². The van der Waals surface area contributed by atoms with Gasteiger partial charge in [-0.25, -0.2) is 4.57 Å². The maximum Gasteiger partial charge on any atom is 0.424 e. The lowest BCUT2D eigenvalue weighted by Crippen LogP contribution is -2.14. The summed E-state index contributed by atoms with van der Waals surface area (Å²) in [5, 5.41) is 0. The molecule has 1 aliphatic heterocycles. The highest BCUT2D eigenvalue weighted by Gasteiger charge is 2.28. The second kappa shape index (κ2) is 2.59. The third-order valence-corrected chi connectivity index (χ3v) is 2.71. The van der Waals surface area contributed by atoms with Gasteiger partial charge in [0, 0.05) is 11.2 Å². The Kier molecular flexibility index (Phi) is 2.17. The second-order valence-electron chi connectivity index (χ2n) is 1.97. The van der Waals surface area contributed by atoms with Gasteiger partial charge < -0.3 is 0 Å². The molecule has 3 nitrogen and oxygen atoms in total. The van der Waals surface area contributed by atoms with Crippen LogP contribution in [-0.4, -0.2) is 12.7 Å². The Morgan fingerprint density at radius 3 is 2.78 bits per heavy atom. The molecule has 54 valence electrons. The Hall–Kier alpha value is 0.440. The average Bonchev–Trinajstić information content (AvgIpc) is 1.60. The van der Waals surface area contributed by atoms with Crippen molar-refractivity contribution in [2.45, 2.75) is 19.4 Å². The molecule has 0 radical (unpaired) electrons. The molecule has 0 aromatic rings. The van der Waals surface area contributed by atoms with Crippen molar-refractivity contribution in [3.05, 3.63) is 0 Å². The van der Waals surface area contributed by atoms with Gasteiger partial charge in [-0.3, -0.25) is 9.05 Å². The number of rotatable bonds is 0. The fourth-order valence-corrected chi connectivity index (χ4v) is 2.16. The summed E-state index contributed by atoms with van der Waals surface area (Å²) in [6, 6.07) is 0. The maximum absolute atomic E-state index is 10.8. The van der Waals surface area contributed by atoms with Gasteiger partial charge in [0.05, 0.1) is 12.7 Å². The van der Waals surface area contributed by atoms with Crippen molar-refractivity contribution in [1.29, 1.82) is 0 Å². The van der Waals surface area contributed by atoms with Gasteiger partial charge in [-0.2, -0.15) is 0 Å². The van der Waals surface area contributed by atoms with E-state index in [-0.39, 0.29) is 6.10 Å². The van der Waals surface area contributed by atoms with E-state index >= 15 is 0 Å². The molecule has 0 amide bonds. The Morgan fingerprint density at radius 2 is 2.44 bits per heavy atom. The van der Waals surface area contributed by atoms with Gasteiger partial charge in [0.2, 0.25) is 0 Å². The molecule has 1 heterocycles. The Balaban J connectivity index is 2.51. The first-order valence-electron chi connectivity index (χ1n) is 2.73. The van der Waals surface area contributed by atoms with Gasteiger partial charge in [-0.05, 0) is 13.3 Å². The quantitative estimate of drug-likeness (QED) is 0.523. The molecular weight excluding hydrogens is 162 g/mol. The van der Waals surface area contributed by atoms with E-state index in [1.54, 1.807) is 0 Å². The topological polar surface area (TPSA) is 35.5 Å². The molecule has 5 heteroatoms. The summed E-state index contributed by atoms with van der Waals surface area (Å²) in [4.78, 5) is 0. The van der Waals surface area contributed by atoms with Crippen LogP contribution < -0.4 is 0 Å². The van der Waals surface area contributed by atoms with Crippen molar-refractivity contribution >= 4 is 18.2 Å². The smallest absolute Gasteiger partial charge is 0.297 e. The van der Waals surface area contributed by atoms with E-state index in [0.717, 1.165) is 6.42 Å². The van der Waals surface area contributed by atoms with Crippen molar-refractivity contribution in [2.75, 3.05) is 6.61 Å². The molecule has 1 saturated heterocycles.